The lowest BCUT2D eigenvalue weighted by Crippen LogP contribution is -2.28. The number of alkyl halides is 2. The standard InChI is InChI=1S/C15H12BrF4NO/c1-8-10(16)3-4-13(21(8)7-14(19)20)9-5-11(17)15(22-2)12(18)6-9/h3-6,14H,1,7H2,2H3. The first kappa shape index (κ1) is 16.6. The Hall–Kier alpha value is -1.76. The van der Waals surface area contributed by atoms with Gasteiger partial charge in [0.1, 0.15) is 0 Å². The molecule has 0 N–H and O–H groups in total. The van der Waals surface area contributed by atoms with Crippen molar-refractivity contribution < 1.29 is 22.3 Å². The van der Waals surface area contributed by atoms with Crippen LogP contribution in [0.1, 0.15) is 5.56 Å². The molecule has 1 aromatic carbocycles. The maximum absolute atomic E-state index is 13.8. The predicted molar refractivity (Wildman–Crippen MR) is 79.7 cm³/mol. The second-order valence-corrected chi connectivity index (χ2v) is 5.34. The molecule has 0 fully saturated rings. The monoisotopic (exact) mass is 377 g/mol. The van der Waals surface area contributed by atoms with Gasteiger partial charge in [-0.15, -0.1) is 0 Å². The molecular formula is C15H12BrF4NO. The van der Waals surface area contributed by atoms with E-state index in [9.17, 15) is 17.6 Å². The molecule has 0 aromatic heterocycles. The first-order valence-electron chi connectivity index (χ1n) is 6.21. The summed E-state index contributed by atoms with van der Waals surface area (Å²) in [5.74, 6) is -2.33. The molecule has 0 aliphatic carbocycles. The quantitative estimate of drug-likeness (QED) is 0.705. The van der Waals surface area contributed by atoms with Gasteiger partial charge >= 0.3 is 0 Å². The van der Waals surface area contributed by atoms with Crippen LogP contribution in [0.15, 0.2) is 41.0 Å². The summed E-state index contributed by atoms with van der Waals surface area (Å²) in [6.07, 6.45) is 0.438. The van der Waals surface area contributed by atoms with Gasteiger partial charge in [0.05, 0.1) is 13.7 Å². The van der Waals surface area contributed by atoms with Crippen molar-refractivity contribution in [1.82, 2.24) is 4.90 Å². The summed E-state index contributed by atoms with van der Waals surface area (Å²) >= 11 is 3.20. The van der Waals surface area contributed by atoms with Crippen LogP contribution in [-0.2, 0) is 0 Å². The van der Waals surface area contributed by atoms with Gasteiger partial charge in [0.2, 0.25) is 0 Å². The van der Waals surface area contributed by atoms with Crippen molar-refractivity contribution in [1.29, 1.82) is 0 Å². The van der Waals surface area contributed by atoms with Crippen LogP contribution in [-0.4, -0.2) is 25.0 Å². The minimum atomic E-state index is -2.63. The Bertz CT molecular complexity index is 647. The molecule has 0 unspecified atom stereocenters. The Labute approximate surface area is 133 Å². The number of halogens is 5. The van der Waals surface area contributed by atoms with E-state index in [0.717, 1.165) is 19.2 Å². The van der Waals surface area contributed by atoms with E-state index in [-0.39, 0.29) is 17.0 Å². The summed E-state index contributed by atoms with van der Waals surface area (Å²) in [6.45, 7) is 3.07. The van der Waals surface area contributed by atoms with Gasteiger partial charge in [-0.25, -0.2) is 17.6 Å². The number of methoxy groups -OCH3 is 1. The molecule has 2 nitrogen and oxygen atoms in total. The van der Waals surface area contributed by atoms with Crippen LogP contribution in [0, 0.1) is 11.6 Å². The number of nitrogens with zero attached hydrogens (tertiary/aromatic N) is 1. The molecule has 1 aliphatic rings. The van der Waals surface area contributed by atoms with Crippen molar-refractivity contribution in [2.75, 3.05) is 13.7 Å². The minimum Gasteiger partial charge on any atom is -0.491 e. The molecular weight excluding hydrogens is 366 g/mol. The highest BCUT2D eigenvalue weighted by Crippen LogP contribution is 2.35. The second-order valence-electron chi connectivity index (χ2n) is 4.49. The Balaban J connectivity index is 2.51. The fourth-order valence-electron chi connectivity index (χ4n) is 2.11. The Kier molecular flexibility index (Phi) is 4.95. The number of hydrogen-bond acceptors (Lipinski definition) is 2. The molecule has 0 amide bonds. The lowest BCUT2D eigenvalue weighted by Gasteiger charge is -2.31. The summed E-state index contributed by atoms with van der Waals surface area (Å²) in [4.78, 5) is 1.20. The van der Waals surface area contributed by atoms with E-state index in [1.807, 2.05) is 0 Å². The Morgan fingerprint density at radius 3 is 2.32 bits per heavy atom. The van der Waals surface area contributed by atoms with Gasteiger partial charge in [0, 0.05) is 21.4 Å². The van der Waals surface area contributed by atoms with E-state index in [1.54, 1.807) is 6.08 Å². The van der Waals surface area contributed by atoms with Crippen LogP contribution in [0.4, 0.5) is 17.6 Å². The van der Waals surface area contributed by atoms with Crippen molar-refractivity contribution >= 4 is 21.6 Å². The van der Waals surface area contributed by atoms with Gasteiger partial charge < -0.3 is 9.64 Å². The fraction of sp³-hybridized carbons (Fsp3) is 0.200. The largest absolute Gasteiger partial charge is 0.491 e. The Morgan fingerprint density at radius 2 is 1.82 bits per heavy atom. The van der Waals surface area contributed by atoms with E-state index in [2.05, 4.69) is 27.2 Å². The second kappa shape index (κ2) is 6.56. The fourth-order valence-corrected chi connectivity index (χ4v) is 2.46. The van der Waals surface area contributed by atoms with Crippen molar-refractivity contribution in [3.05, 3.63) is 58.2 Å². The highest BCUT2D eigenvalue weighted by Gasteiger charge is 2.24. The van der Waals surface area contributed by atoms with Gasteiger partial charge in [-0.3, -0.25) is 0 Å². The molecule has 0 saturated heterocycles. The molecule has 2 rings (SSSR count). The smallest absolute Gasteiger partial charge is 0.256 e. The average Bonchev–Trinajstić information content (AvgIpc) is 2.43. The first-order chi connectivity index (χ1) is 10.3. The molecule has 0 saturated carbocycles. The van der Waals surface area contributed by atoms with Crippen molar-refractivity contribution in [3.8, 4) is 5.75 Å². The third kappa shape index (κ3) is 3.19. The number of ether oxygens (including phenoxy) is 1. The predicted octanol–water partition coefficient (Wildman–Crippen LogP) is 4.69. The summed E-state index contributed by atoms with van der Waals surface area (Å²) in [6, 6.07) is 2.07. The minimum absolute atomic E-state index is 0.119. The Morgan fingerprint density at radius 1 is 1.23 bits per heavy atom. The average molecular weight is 378 g/mol. The number of hydrogen-bond donors (Lipinski definition) is 0. The summed E-state index contributed by atoms with van der Waals surface area (Å²) in [7, 11) is 1.14. The van der Waals surface area contributed by atoms with Gasteiger partial charge in [-0.2, -0.15) is 0 Å². The number of rotatable bonds is 4. The molecule has 1 aromatic rings. The van der Waals surface area contributed by atoms with Crippen LogP contribution in [0.5, 0.6) is 5.75 Å². The zero-order chi connectivity index (χ0) is 16.4. The van der Waals surface area contributed by atoms with E-state index in [0.29, 0.717) is 4.48 Å². The molecule has 0 bridgehead atoms. The van der Waals surface area contributed by atoms with E-state index >= 15 is 0 Å². The number of allylic oxidation sites excluding steroid dienone is 3. The van der Waals surface area contributed by atoms with Gasteiger partial charge in [0.15, 0.2) is 17.4 Å². The molecule has 1 aliphatic heterocycles. The molecule has 7 heteroatoms. The van der Waals surface area contributed by atoms with Crippen LogP contribution in [0.25, 0.3) is 5.70 Å². The van der Waals surface area contributed by atoms with Crippen molar-refractivity contribution in [2.45, 2.75) is 6.43 Å². The summed E-state index contributed by atoms with van der Waals surface area (Å²) < 4.78 is 58.3. The van der Waals surface area contributed by atoms with E-state index in [4.69, 9.17) is 0 Å². The highest BCUT2D eigenvalue weighted by atomic mass is 79.9. The van der Waals surface area contributed by atoms with E-state index < -0.39 is 30.4 Å². The van der Waals surface area contributed by atoms with Crippen LogP contribution >= 0.6 is 15.9 Å². The molecule has 1 heterocycles. The molecule has 118 valence electrons. The first-order valence-corrected chi connectivity index (χ1v) is 7.00. The lowest BCUT2D eigenvalue weighted by molar-refractivity contribution is 0.123. The summed E-state index contributed by atoms with van der Waals surface area (Å²) in [5.41, 5.74) is 0.636. The SMILES string of the molecule is C=C1C(Br)=CC=C(c2cc(F)c(OC)c(F)c2)N1CC(F)F. The topological polar surface area (TPSA) is 12.5 Å². The molecule has 0 spiro atoms. The van der Waals surface area contributed by atoms with Crippen molar-refractivity contribution in [3.63, 3.8) is 0 Å². The maximum Gasteiger partial charge on any atom is 0.256 e. The third-order valence-corrected chi connectivity index (χ3v) is 3.82. The van der Waals surface area contributed by atoms with Crippen LogP contribution in [0.2, 0.25) is 0 Å². The molecule has 0 atom stereocenters. The molecule has 22 heavy (non-hydrogen) atoms. The van der Waals surface area contributed by atoms with Crippen molar-refractivity contribution in [2.24, 2.45) is 0 Å². The van der Waals surface area contributed by atoms with E-state index in [1.165, 1.54) is 11.0 Å². The zero-order valence-corrected chi connectivity index (χ0v) is 13.1. The lowest BCUT2D eigenvalue weighted by atomic mass is 10.1. The molecule has 0 radical (unpaired) electrons. The van der Waals surface area contributed by atoms with Gasteiger partial charge in [-0.1, -0.05) is 6.58 Å². The zero-order valence-electron chi connectivity index (χ0n) is 11.5. The van der Waals surface area contributed by atoms with Crippen LogP contribution < -0.4 is 4.74 Å². The number of benzene rings is 1. The van der Waals surface area contributed by atoms with Crippen LogP contribution in [0.3, 0.4) is 0 Å². The van der Waals surface area contributed by atoms with Gasteiger partial charge in [0.25, 0.3) is 6.43 Å². The highest BCUT2D eigenvalue weighted by molar-refractivity contribution is 9.12. The third-order valence-electron chi connectivity index (χ3n) is 3.10. The maximum atomic E-state index is 13.8. The summed E-state index contributed by atoms with van der Waals surface area (Å²) in [5, 5.41) is 0. The normalized spacial score (nSPS) is 15.0. The van der Waals surface area contributed by atoms with Gasteiger partial charge in [-0.05, 0) is 40.2 Å².